The molecule has 4 aromatic rings. The van der Waals surface area contributed by atoms with Crippen LogP contribution in [0.3, 0.4) is 0 Å². The van der Waals surface area contributed by atoms with E-state index < -0.39 is 22.9 Å². The van der Waals surface area contributed by atoms with Crippen molar-refractivity contribution in [3.63, 3.8) is 0 Å². The Balaban J connectivity index is 1.96. The van der Waals surface area contributed by atoms with E-state index in [0.29, 0.717) is 21.0 Å². The predicted octanol–water partition coefficient (Wildman–Crippen LogP) is 3.64. The summed E-state index contributed by atoms with van der Waals surface area (Å²) in [5, 5.41) is 1.17. The molecule has 0 radical (unpaired) electrons. The summed E-state index contributed by atoms with van der Waals surface area (Å²) in [4.78, 5) is 43.6. The van der Waals surface area contributed by atoms with Crippen LogP contribution in [0.4, 0.5) is 4.79 Å². The first-order chi connectivity index (χ1) is 14.9. The topological polar surface area (TPSA) is 93.1 Å². The number of carbonyl (C=O) groups is 1. The van der Waals surface area contributed by atoms with Gasteiger partial charge in [-0.25, -0.2) is 19.1 Å². The summed E-state index contributed by atoms with van der Waals surface area (Å²) in [6.45, 7) is 5.14. The van der Waals surface area contributed by atoms with Crippen LogP contribution in [-0.2, 0) is 25.4 Å². The standard InChI is InChI=1S/C21H21BrClN5O4/c1-21(2,3)32-20(31)28-13(8-11-6-7-12(23)9-14(11)28)10-27-17(29)15-16(26(5)19(27)30)24-18(22)25(15)4/h6-9H,10H2,1-5H3. The van der Waals surface area contributed by atoms with Gasteiger partial charge < -0.3 is 9.30 Å². The monoisotopic (exact) mass is 521 g/mol. The summed E-state index contributed by atoms with van der Waals surface area (Å²) < 4.78 is 11.3. The summed E-state index contributed by atoms with van der Waals surface area (Å²) in [6.07, 6.45) is -0.626. The van der Waals surface area contributed by atoms with E-state index in [-0.39, 0.29) is 17.7 Å². The van der Waals surface area contributed by atoms with Crippen molar-refractivity contribution in [2.75, 3.05) is 0 Å². The lowest BCUT2D eigenvalue weighted by molar-refractivity contribution is 0.0540. The molecule has 0 bridgehead atoms. The number of halogens is 2. The van der Waals surface area contributed by atoms with E-state index in [1.165, 1.54) is 9.13 Å². The van der Waals surface area contributed by atoms with E-state index in [0.717, 1.165) is 9.95 Å². The van der Waals surface area contributed by atoms with E-state index in [1.54, 1.807) is 63.7 Å². The second-order valence-electron chi connectivity index (χ2n) is 8.50. The molecule has 1 aromatic carbocycles. The van der Waals surface area contributed by atoms with Gasteiger partial charge in [-0.3, -0.25) is 13.9 Å². The summed E-state index contributed by atoms with van der Waals surface area (Å²) >= 11 is 9.46. The Morgan fingerprint density at radius 2 is 1.84 bits per heavy atom. The lowest BCUT2D eigenvalue weighted by Crippen LogP contribution is -2.40. The van der Waals surface area contributed by atoms with E-state index in [1.807, 2.05) is 0 Å². The van der Waals surface area contributed by atoms with Gasteiger partial charge in [0.2, 0.25) is 0 Å². The Labute approximate surface area is 195 Å². The minimum Gasteiger partial charge on any atom is -0.443 e. The molecule has 32 heavy (non-hydrogen) atoms. The van der Waals surface area contributed by atoms with Gasteiger partial charge in [-0.15, -0.1) is 0 Å². The number of fused-ring (bicyclic) bond motifs is 2. The molecule has 0 saturated heterocycles. The number of aromatic nitrogens is 5. The normalized spacial score (nSPS) is 12.1. The molecular weight excluding hydrogens is 502 g/mol. The maximum absolute atomic E-state index is 13.2. The fraction of sp³-hybridized carbons (Fsp3) is 0.333. The van der Waals surface area contributed by atoms with Crippen LogP contribution in [0.25, 0.3) is 22.1 Å². The highest BCUT2D eigenvalue weighted by atomic mass is 79.9. The van der Waals surface area contributed by atoms with Crippen LogP contribution in [0.15, 0.2) is 38.6 Å². The molecule has 0 amide bonds. The summed E-state index contributed by atoms with van der Waals surface area (Å²) in [6, 6.07) is 6.86. The zero-order chi connectivity index (χ0) is 23.5. The van der Waals surface area contributed by atoms with Gasteiger partial charge in [-0.2, -0.15) is 0 Å². The van der Waals surface area contributed by atoms with Gasteiger partial charge in [0, 0.05) is 24.5 Å². The molecule has 0 aliphatic rings. The molecule has 4 rings (SSSR count). The van der Waals surface area contributed by atoms with Crippen molar-refractivity contribution >= 4 is 55.7 Å². The minimum atomic E-state index is -0.740. The summed E-state index contributed by atoms with van der Waals surface area (Å²) in [5.41, 5.74) is -0.328. The van der Waals surface area contributed by atoms with Gasteiger partial charge in [0.25, 0.3) is 5.56 Å². The average molecular weight is 523 g/mol. The smallest absolute Gasteiger partial charge is 0.419 e. The molecule has 3 aromatic heterocycles. The van der Waals surface area contributed by atoms with Crippen LogP contribution in [0.5, 0.6) is 0 Å². The molecule has 0 aliphatic heterocycles. The van der Waals surface area contributed by atoms with Gasteiger partial charge in [-0.1, -0.05) is 17.7 Å². The van der Waals surface area contributed by atoms with Gasteiger partial charge in [0.15, 0.2) is 15.9 Å². The molecule has 0 fully saturated rings. The predicted molar refractivity (Wildman–Crippen MR) is 126 cm³/mol. The van der Waals surface area contributed by atoms with Crippen LogP contribution < -0.4 is 11.2 Å². The Kier molecular flexibility index (Phi) is 5.33. The first-order valence-electron chi connectivity index (χ1n) is 9.74. The van der Waals surface area contributed by atoms with Crippen molar-refractivity contribution in [2.45, 2.75) is 32.9 Å². The minimum absolute atomic E-state index is 0.143. The largest absolute Gasteiger partial charge is 0.443 e. The fourth-order valence-corrected chi connectivity index (χ4v) is 4.10. The summed E-state index contributed by atoms with van der Waals surface area (Å²) in [7, 11) is 3.22. The molecule has 0 N–H and O–H groups in total. The van der Waals surface area contributed by atoms with Crippen LogP contribution >= 0.6 is 27.5 Å². The van der Waals surface area contributed by atoms with E-state index in [4.69, 9.17) is 16.3 Å². The van der Waals surface area contributed by atoms with E-state index in [9.17, 15) is 14.4 Å². The lowest BCUT2D eigenvalue weighted by Gasteiger charge is -2.21. The van der Waals surface area contributed by atoms with E-state index in [2.05, 4.69) is 20.9 Å². The van der Waals surface area contributed by atoms with Gasteiger partial charge in [-0.05, 0) is 54.9 Å². The second-order valence-corrected chi connectivity index (χ2v) is 9.65. The first kappa shape index (κ1) is 22.3. The number of rotatable bonds is 2. The number of ether oxygens (including phenoxy) is 1. The quantitative estimate of drug-likeness (QED) is 0.375. The lowest BCUT2D eigenvalue weighted by atomic mass is 10.2. The molecule has 0 atom stereocenters. The third kappa shape index (κ3) is 3.67. The first-order valence-corrected chi connectivity index (χ1v) is 10.9. The number of hydrogen-bond donors (Lipinski definition) is 0. The highest BCUT2D eigenvalue weighted by Gasteiger charge is 2.24. The number of imidazole rings is 1. The molecule has 11 heteroatoms. The molecule has 9 nitrogen and oxygen atoms in total. The number of carbonyl (C=O) groups excluding carboxylic acids is 1. The van der Waals surface area contributed by atoms with Gasteiger partial charge in [0.1, 0.15) is 5.60 Å². The van der Waals surface area contributed by atoms with Crippen LogP contribution in [0, 0.1) is 0 Å². The van der Waals surface area contributed by atoms with Crippen LogP contribution in [0.2, 0.25) is 5.02 Å². The van der Waals surface area contributed by atoms with Crippen molar-refractivity contribution in [2.24, 2.45) is 14.1 Å². The van der Waals surface area contributed by atoms with Crippen LogP contribution in [-0.4, -0.2) is 34.9 Å². The SMILES string of the molecule is Cn1c(Br)nc2c1c(=O)n(Cc1cc3ccc(Cl)cc3n1C(=O)OC(C)(C)C)c(=O)n2C. The molecule has 0 saturated carbocycles. The third-order valence-electron chi connectivity index (χ3n) is 5.04. The van der Waals surface area contributed by atoms with Crippen molar-refractivity contribution in [3.8, 4) is 0 Å². The molecule has 0 spiro atoms. The average Bonchev–Trinajstić information content (AvgIpc) is 3.19. The molecule has 0 unspecified atom stereocenters. The Hall–Kier alpha value is -2.85. The van der Waals surface area contributed by atoms with Crippen molar-refractivity contribution in [1.29, 1.82) is 0 Å². The van der Waals surface area contributed by atoms with Crippen molar-refractivity contribution in [1.82, 2.24) is 23.3 Å². The molecular formula is C21H21BrClN5O4. The number of hydrogen-bond acceptors (Lipinski definition) is 5. The van der Waals surface area contributed by atoms with Gasteiger partial charge in [0.05, 0.1) is 17.8 Å². The highest BCUT2D eigenvalue weighted by molar-refractivity contribution is 9.10. The number of aryl methyl sites for hydroxylation is 2. The Bertz CT molecular complexity index is 1520. The third-order valence-corrected chi connectivity index (χ3v) is 5.99. The zero-order valence-electron chi connectivity index (χ0n) is 18.1. The maximum atomic E-state index is 13.2. The molecule has 0 aliphatic carbocycles. The number of benzene rings is 1. The highest BCUT2D eigenvalue weighted by Crippen LogP contribution is 2.25. The molecule has 3 heterocycles. The fourth-order valence-electron chi connectivity index (χ4n) is 3.59. The Morgan fingerprint density at radius 3 is 2.50 bits per heavy atom. The second kappa shape index (κ2) is 7.63. The maximum Gasteiger partial charge on any atom is 0.419 e. The molecule has 168 valence electrons. The number of nitrogens with zero attached hydrogens (tertiary/aromatic N) is 5. The summed E-state index contributed by atoms with van der Waals surface area (Å²) in [5.74, 6) is 0. The van der Waals surface area contributed by atoms with Gasteiger partial charge >= 0.3 is 11.8 Å². The van der Waals surface area contributed by atoms with Crippen molar-refractivity contribution in [3.05, 3.63) is 60.6 Å². The van der Waals surface area contributed by atoms with Crippen LogP contribution in [0.1, 0.15) is 26.5 Å². The van der Waals surface area contributed by atoms with E-state index >= 15 is 0 Å². The Morgan fingerprint density at radius 1 is 1.16 bits per heavy atom. The zero-order valence-corrected chi connectivity index (χ0v) is 20.5. The van der Waals surface area contributed by atoms with Crippen molar-refractivity contribution < 1.29 is 9.53 Å².